The second-order valence-electron chi connectivity index (χ2n) is 3.61. The number of hydrogen-bond donors (Lipinski definition) is 0. The molecule has 0 saturated heterocycles. The first-order valence-electron chi connectivity index (χ1n) is 4.74. The summed E-state index contributed by atoms with van der Waals surface area (Å²) in [5.74, 6) is -0.999. The molecule has 0 atom stereocenters. The van der Waals surface area contributed by atoms with Crippen molar-refractivity contribution in [2.45, 2.75) is 6.18 Å². The van der Waals surface area contributed by atoms with E-state index in [1.165, 1.54) is 6.07 Å². The fourth-order valence-corrected chi connectivity index (χ4v) is 1.34. The van der Waals surface area contributed by atoms with Gasteiger partial charge in [-0.1, -0.05) is 0 Å². The fourth-order valence-electron chi connectivity index (χ4n) is 1.34. The first-order chi connectivity index (χ1) is 7.77. The molecular weight excluding hydrogens is 235 g/mol. The SMILES string of the molecule is COC(=O)c1cc(N(C)C)ccc1C(F)(F)F. The van der Waals surface area contributed by atoms with Crippen molar-refractivity contribution in [3.05, 3.63) is 29.3 Å². The van der Waals surface area contributed by atoms with Gasteiger partial charge in [0.1, 0.15) is 0 Å². The molecule has 0 saturated carbocycles. The molecule has 0 N–H and O–H groups in total. The molecule has 94 valence electrons. The van der Waals surface area contributed by atoms with Crippen LogP contribution >= 0.6 is 0 Å². The van der Waals surface area contributed by atoms with Crippen LogP contribution in [-0.4, -0.2) is 27.2 Å². The number of anilines is 1. The van der Waals surface area contributed by atoms with E-state index >= 15 is 0 Å². The lowest BCUT2D eigenvalue weighted by molar-refractivity contribution is -0.138. The maximum atomic E-state index is 12.7. The summed E-state index contributed by atoms with van der Waals surface area (Å²) in [6, 6.07) is 3.34. The van der Waals surface area contributed by atoms with Gasteiger partial charge in [-0.25, -0.2) is 4.79 Å². The van der Waals surface area contributed by atoms with Gasteiger partial charge >= 0.3 is 12.1 Å². The Balaban J connectivity index is 3.37. The van der Waals surface area contributed by atoms with Crippen LogP contribution in [-0.2, 0) is 10.9 Å². The number of halogens is 3. The van der Waals surface area contributed by atoms with E-state index in [1.54, 1.807) is 19.0 Å². The fraction of sp³-hybridized carbons (Fsp3) is 0.364. The van der Waals surface area contributed by atoms with Crippen LogP contribution < -0.4 is 4.90 Å². The van der Waals surface area contributed by atoms with Crippen LogP contribution in [0.15, 0.2) is 18.2 Å². The monoisotopic (exact) mass is 247 g/mol. The van der Waals surface area contributed by atoms with Crippen molar-refractivity contribution < 1.29 is 22.7 Å². The number of carbonyl (C=O) groups excluding carboxylic acids is 1. The normalized spacial score (nSPS) is 11.2. The predicted octanol–water partition coefficient (Wildman–Crippen LogP) is 2.56. The van der Waals surface area contributed by atoms with Crippen molar-refractivity contribution in [1.29, 1.82) is 0 Å². The summed E-state index contributed by atoms with van der Waals surface area (Å²) < 4.78 is 42.3. The van der Waals surface area contributed by atoms with Gasteiger partial charge in [0.15, 0.2) is 0 Å². The number of hydrogen-bond acceptors (Lipinski definition) is 3. The highest BCUT2D eigenvalue weighted by Crippen LogP contribution is 2.34. The molecule has 17 heavy (non-hydrogen) atoms. The summed E-state index contributed by atoms with van der Waals surface area (Å²) in [5, 5.41) is 0. The Morgan fingerprint density at radius 1 is 1.29 bits per heavy atom. The van der Waals surface area contributed by atoms with Crippen molar-refractivity contribution in [3.63, 3.8) is 0 Å². The van der Waals surface area contributed by atoms with Crippen LogP contribution in [0.25, 0.3) is 0 Å². The van der Waals surface area contributed by atoms with Crippen molar-refractivity contribution in [2.75, 3.05) is 26.1 Å². The van der Waals surface area contributed by atoms with Crippen molar-refractivity contribution in [2.24, 2.45) is 0 Å². The summed E-state index contributed by atoms with van der Waals surface area (Å²) in [6.07, 6.45) is -4.58. The highest BCUT2D eigenvalue weighted by molar-refractivity contribution is 5.92. The molecule has 0 heterocycles. The molecule has 6 heteroatoms. The molecule has 0 aliphatic rings. The van der Waals surface area contributed by atoms with Crippen LogP contribution in [0.2, 0.25) is 0 Å². The van der Waals surface area contributed by atoms with Gasteiger partial charge in [0, 0.05) is 19.8 Å². The summed E-state index contributed by atoms with van der Waals surface area (Å²) in [5.41, 5.74) is -0.973. The number of benzene rings is 1. The Labute approximate surface area is 96.8 Å². The first kappa shape index (κ1) is 13.3. The second kappa shape index (κ2) is 4.65. The van der Waals surface area contributed by atoms with Gasteiger partial charge in [-0.2, -0.15) is 13.2 Å². The highest BCUT2D eigenvalue weighted by Gasteiger charge is 2.35. The minimum atomic E-state index is -4.58. The third-order valence-electron chi connectivity index (χ3n) is 2.23. The molecule has 0 aromatic heterocycles. The Hall–Kier alpha value is -1.72. The van der Waals surface area contributed by atoms with Gasteiger partial charge in [-0.3, -0.25) is 0 Å². The predicted molar refractivity (Wildman–Crippen MR) is 57.1 cm³/mol. The zero-order valence-corrected chi connectivity index (χ0v) is 9.63. The molecule has 0 aliphatic carbocycles. The van der Waals surface area contributed by atoms with Gasteiger partial charge in [-0.05, 0) is 18.2 Å². The van der Waals surface area contributed by atoms with Gasteiger partial charge in [0.2, 0.25) is 0 Å². The number of nitrogens with zero attached hydrogens (tertiary/aromatic N) is 1. The van der Waals surface area contributed by atoms with Crippen LogP contribution in [0, 0.1) is 0 Å². The highest BCUT2D eigenvalue weighted by atomic mass is 19.4. The summed E-state index contributed by atoms with van der Waals surface area (Å²) in [4.78, 5) is 12.9. The molecule has 3 nitrogen and oxygen atoms in total. The van der Waals surface area contributed by atoms with Gasteiger partial charge < -0.3 is 9.64 Å². The molecule has 0 amide bonds. The van der Waals surface area contributed by atoms with E-state index in [9.17, 15) is 18.0 Å². The number of methoxy groups -OCH3 is 1. The van der Waals surface area contributed by atoms with Crippen molar-refractivity contribution >= 4 is 11.7 Å². The van der Waals surface area contributed by atoms with Gasteiger partial charge in [0.05, 0.1) is 18.2 Å². The van der Waals surface area contributed by atoms with E-state index in [0.29, 0.717) is 5.69 Å². The minimum absolute atomic E-state index is 0.480. The molecule has 0 aliphatic heterocycles. The van der Waals surface area contributed by atoms with Crippen LogP contribution in [0.5, 0.6) is 0 Å². The zero-order chi connectivity index (χ0) is 13.2. The second-order valence-corrected chi connectivity index (χ2v) is 3.61. The Bertz CT molecular complexity index is 427. The van der Waals surface area contributed by atoms with Crippen molar-refractivity contribution in [1.82, 2.24) is 0 Å². The first-order valence-corrected chi connectivity index (χ1v) is 4.74. The number of alkyl halides is 3. The maximum Gasteiger partial charge on any atom is 0.417 e. The molecule has 1 aromatic carbocycles. The smallest absolute Gasteiger partial charge is 0.417 e. The van der Waals surface area contributed by atoms with E-state index in [4.69, 9.17) is 0 Å². The quantitative estimate of drug-likeness (QED) is 0.752. The third kappa shape index (κ3) is 2.89. The largest absolute Gasteiger partial charge is 0.465 e. The lowest BCUT2D eigenvalue weighted by Crippen LogP contribution is -2.16. The molecule has 1 rings (SSSR count). The average Bonchev–Trinajstić information content (AvgIpc) is 2.25. The number of carbonyl (C=O) groups is 1. The molecular formula is C11H12F3NO2. The lowest BCUT2D eigenvalue weighted by atomic mass is 10.1. The Morgan fingerprint density at radius 3 is 2.29 bits per heavy atom. The topological polar surface area (TPSA) is 29.5 Å². The van der Waals surface area contributed by atoms with Crippen molar-refractivity contribution in [3.8, 4) is 0 Å². The van der Waals surface area contributed by atoms with E-state index < -0.39 is 23.3 Å². The van der Waals surface area contributed by atoms with Crippen LogP contribution in [0.1, 0.15) is 15.9 Å². The van der Waals surface area contributed by atoms with Gasteiger partial charge in [-0.15, -0.1) is 0 Å². The molecule has 1 aromatic rings. The Morgan fingerprint density at radius 2 is 1.88 bits per heavy atom. The van der Waals surface area contributed by atoms with E-state index in [1.807, 2.05) is 0 Å². The van der Waals surface area contributed by atoms with E-state index in [-0.39, 0.29) is 0 Å². The standard InChI is InChI=1S/C11H12F3NO2/c1-15(2)7-4-5-9(11(12,13)14)8(6-7)10(16)17-3/h4-6H,1-3H3. The van der Waals surface area contributed by atoms with Crippen LogP contribution in [0.4, 0.5) is 18.9 Å². The lowest BCUT2D eigenvalue weighted by Gasteiger charge is -2.17. The van der Waals surface area contributed by atoms with Gasteiger partial charge in [0.25, 0.3) is 0 Å². The third-order valence-corrected chi connectivity index (χ3v) is 2.23. The maximum absolute atomic E-state index is 12.7. The molecule has 0 unspecified atom stereocenters. The molecule has 0 radical (unpaired) electrons. The summed E-state index contributed by atoms with van der Waals surface area (Å²) in [6.45, 7) is 0. The number of ether oxygens (including phenoxy) is 1. The number of esters is 1. The molecule has 0 spiro atoms. The number of rotatable bonds is 2. The molecule has 0 fully saturated rings. The molecule has 0 bridgehead atoms. The average molecular weight is 247 g/mol. The summed E-state index contributed by atoms with van der Waals surface area (Å²) >= 11 is 0. The Kier molecular flexibility index (Phi) is 3.65. The minimum Gasteiger partial charge on any atom is -0.465 e. The van der Waals surface area contributed by atoms with E-state index in [2.05, 4.69) is 4.74 Å². The van der Waals surface area contributed by atoms with E-state index in [0.717, 1.165) is 19.2 Å². The summed E-state index contributed by atoms with van der Waals surface area (Å²) in [7, 11) is 4.39. The zero-order valence-electron chi connectivity index (χ0n) is 9.63. The van der Waals surface area contributed by atoms with Crippen LogP contribution in [0.3, 0.4) is 0 Å².